The molecule has 0 aliphatic carbocycles. The maximum Gasteiger partial charge on any atom is 0.251 e. The third-order valence-electron chi connectivity index (χ3n) is 3.12. The number of carbonyl (C=O) groups is 2. The van der Waals surface area contributed by atoms with Gasteiger partial charge < -0.3 is 5.32 Å². The van der Waals surface area contributed by atoms with Gasteiger partial charge in [-0.05, 0) is 45.4 Å². The van der Waals surface area contributed by atoms with Crippen molar-refractivity contribution < 1.29 is 9.59 Å². The second-order valence-corrected chi connectivity index (χ2v) is 6.08. The summed E-state index contributed by atoms with van der Waals surface area (Å²) in [6.45, 7) is 0.662. The van der Waals surface area contributed by atoms with Crippen LogP contribution in [0.4, 0.5) is 0 Å². The van der Waals surface area contributed by atoms with Crippen LogP contribution in [-0.4, -0.2) is 18.2 Å². The van der Waals surface area contributed by atoms with Crippen LogP contribution in [0.25, 0.3) is 0 Å². The van der Waals surface area contributed by atoms with Crippen LogP contribution in [0.1, 0.15) is 31.2 Å². The fraction of sp³-hybridized carbons (Fsp3) is 0.143. The van der Waals surface area contributed by atoms with Crippen LogP contribution in [0.5, 0.6) is 0 Å². The molecule has 1 amide bonds. The topological polar surface area (TPSA) is 46.2 Å². The predicted molar refractivity (Wildman–Crippen MR) is 77.9 cm³/mol. The van der Waals surface area contributed by atoms with Gasteiger partial charge in [-0.3, -0.25) is 9.59 Å². The van der Waals surface area contributed by atoms with Crippen LogP contribution in [0.2, 0.25) is 0 Å². The van der Waals surface area contributed by atoms with Gasteiger partial charge in [0.25, 0.3) is 5.91 Å². The number of carbonyl (C=O) groups excluding carboxylic acids is 2. The van der Waals surface area contributed by atoms with Gasteiger partial charge in [-0.2, -0.15) is 0 Å². The molecule has 1 N–H and O–H groups in total. The molecule has 2 heterocycles. The highest BCUT2D eigenvalue weighted by Crippen LogP contribution is 2.26. The number of benzene rings is 1. The van der Waals surface area contributed by atoms with Gasteiger partial charge in [-0.15, -0.1) is 11.3 Å². The first-order valence-electron chi connectivity index (χ1n) is 5.85. The Bertz CT molecular complexity index is 678. The van der Waals surface area contributed by atoms with Crippen LogP contribution in [0.15, 0.2) is 34.1 Å². The molecule has 96 valence electrons. The van der Waals surface area contributed by atoms with Gasteiger partial charge in [0.2, 0.25) is 5.78 Å². The summed E-state index contributed by atoms with van der Waals surface area (Å²) in [7, 11) is 0. The largest absolute Gasteiger partial charge is 0.352 e. The first kappa shape index (κ1) is 12.6. The summed E-state index contributed by atoms with van der Waals surface area (Å²) in [6.07, 6.45) is 0.818. The number of hydrogen-bond donors (Lipinski definition) is 1. The maximum absolute atomic E-state index is 12.4. The number of fused-ring (bicyclic) bond motifs is 1. The third kappa shape index (κ3) is 2.24. The summed E-state index contributed by atoms with van der Waals surface area (Å²) < 4.78 is 0.796. The van der Waals surface area contributed by atoms with Crippen molar-refractivity contribution in [1.29, 1.82) is 0 Å². The van der Waals surface area contributed by atoms with Gasteiger partial charge in [0.1, 0.15) is 0 Å². The molecular formula is C14H10BrNO2S. The zero-order chi connectivity index (χ0) is 13.4. The highest BCUT2D eigenvalue weighted by molar-refractivity contribution is 9.10. The molecule has 0 saturated carbocycles. The minimum absolute atomic E-state index is 0.0527. The van der Waals surface area contributed by atoms with Crippen LogP contribution in [0.3, 0.4) is 0 Å². The Morgan fingerprint density at radius 1 is 1.32 bits per heavy atom. The number of nitrogens with one attached hydrogen (secondary N) is 1. The minimum atomic E-state index is -0.0962. The fourth-order valence-corrected chi connectivity index (χ4v) is 3.65. The lowest BCUT2D eigenvalue weighted by atomic mass is 9.96. The molecule has 0 spiro atoms. The van der Waals surface area contributed by atoms with E-state index < -0.39 is 0 Å². The van der Waals surface area contributed by atoms with Crippen LogP contribution >= 0.6 is 27.3 Å². The van der Waals surface area contributed by atoms with E-state index in [2.05, 4.69) is 21.2 Å². The molecule has 1 aliphatic heterocycles. The van der Waals surface area contributed by atoms with Crippen molar-refractivity contribution in [3.63, 3.8) is 0 Å². The Kier molecular flexibility index (Phi) is 3.24. The van der Waals surface area contributed by atoms with Gasteiger partial charge in [0, 0.05) is 22.1 Å². The Morgan fingerprint density at radius 2 is 2.16 bits per heavy atom. The Morgan fingerprint density at radius 3 is 2.89 bits per heavy atom. The van der Waals surface area contributed by atoms with E-state index in [9.17, 15) is 9.59 Å². The summed E-state index contributed by atoms with van der Waals surface area (Å²) in [6, 6.07) is 7.22. The summed E-state index contributed by atoms with van der Waals surface area (Å²) in [5, 5.41) is 4.66. The van der Waals surface area contributed by atoms with Crippen molar-refractivity contribution in [3.8, 4) is 0 Å². The molecule has 1 aliphatic rings. The quantitative estimate of drug-likeness (QED) is 0.857. The Hall–Kier alpha value is -1.46. The zero-order valence-corrected chi connectivity index (χ0v) is 12.3. The lowest BCUT2D eigenvalue weighted by Crippen LogP contribution is -2.32. The van der Waals surface area contributed by atoms with Crippen LogP contribution < -0.4 is 5.32 Å². The second-order valence-electron chi connectivity index (χ2n) is 4.30. The SMILES string of the molecule is O=C1NCCc2ccc(C(=O)c3sccc3Br)cc21. The second kappa shape index (κ2) is 4.90. The molecule has 2 aromatic rings. The van der Waals surface area contributed by atoms with E-state index in [-0.39, 0.29) is 11.7 Å². The van der Waals surface area contributed by atoms with Crippen molar-refractivity contribution in [2.24, 2.45) is 0 Å². The van der Waals surface area contributed by atoms with Crippen LogP contribution in [0, 0.1) is 0 Å². The smallest absolute Gasteiger partial charge is 0.251 e. The van der Waals surface area contributed by atoms with E-state index >= 15 is 0 Å². The number of hydrogen-bond acceptors (Lipinski definition) is 3. The van der Waals surface area contributed by atoms with Crippen molar-refractivity contribution in [2.75, 3.05) is 6.54 Å². The van der Waals surface area contributed by atoms with Gasteiger partial charge in [0.15, 0.2) is 0 Å². The molecule has 3 rings (SSSR count). The molecule has 1 aromatic carbocycles. The lowest BCUT2D eigenvalue weighted by Gasteiger charge is -2.16. The zero-order valence-electron chi connectivity index (χ0n) is 9.90. The highest BCUT2D eigenvalue weighted by Gasteiger charge is 2.20. The standard InChI is InChI=1S/C14H10BrNO2S/c15-11-4-6-19-13(11)12(17)9-2-1-8-3-5-16-14(18)10(8)7-9/h1-2,4,6-7H,3,5H2,(H,16,18). The lowest BCUT2D eigenvalue weighted by molar-refractivity contribution is 0.0946. The molecule has 0 fully saturated rings. The van der Waals surface area contributed by atoms with Gasteiger partial charge in [-0.25, -0.2) is 0 Å². The van der Waals surface area contributed by atoms with Gasteiger partial charge in [0.05, 0.1) is 4.88 Å². The molecule has 0 saturated heterocycles. The van der Waals surface area contributed by atoms with Gasteiger partial charge in [-0.1, -0.05) is 12.1 Å². The first-order valence-corrected chi connectivity index (χ1v) is 7.53. The molecule has 0 bridgehead atoms. The van der Waals surface area contributed by atoms with E-state index in [1.54, 1.807) is 12.1 Å². The third-order valence-corrected chi connectivity index (χ3v) is 4.96. The number of thiophene rings is 1. The van der Waals surface area contributed by atoms with Crippen molar-refractivity contribution >= 4 is 39.0 Å². The summed E-state index contributed by atoms with van der Waals surface area (Å²) in [5.74, 6) is -0.149. The Labute approximate surface area is 122 Å². The molecule has 3 nitrogen and oxygen atoms in total. The minimum Gasteiger partial charge on any atom is -0.352 e. The van der Waals surface area contributed by atoms with Crippen molar-refractivity contribution in [1.82, 2.24) is 5.32 Å². The van der Waals surface area contributed by atoms with E-state index in [1.165, 1.54) is 11.3 Å². The molecule has 0 radical (unpaired) electrons. The molecule has 0 unspecified atom stereocenters. The normalized spacial score (nSPS) is 13.8. The van der Waals surface area contributed by atoms with Crippen LogP contribution in [-0.2, 0) is 6.42 Å². The first-order chi connectivity index (χ1) is 9.16. The number of rotatable bonds is 2. The van der Waals surface area contributed by atoms with Crippen molar-refractivity contribution in [3.05, 3.63) is 55.7 Å². The highest BCUT2D eigenvalue weighted by atomic mass is 79.9. The molecule has 19 heavy (non-hydrogen) atoms. The summed E-state index contributed by atoms with van der Waals surface area (Å²) >= 11 is 4.75. The summed E-state index contributed by atoms with van der Waals surface area (Å²) in [5.41, 5.74) is 2.18. The van der Waals surface area contributed by atoms with Gasteiger partial charge >= 0.3 is 0 Å². The van der Waals surface area contributed by atoms with E-state index in [1.807, 2.05) is 17.5 Å². The monoisotopic (exact) mass is 335 g/mol. The summed E-state index contributed by atoms with van der Waals surface area (Å²) in [4.78, 5) is 24.8. The number of halogens is 1. The van der Waals surface area contributed by atoms with E-state index in [0.29, 0.717) is 22.5 Å². The maximum atomic E-state index is 12.4. The molecule has 1 aromatic heterocycles. The average molecular weight is 336 g/mol. The number of ketones is 1. The average Bonchev–Trinajstić information content (AvgIpc) is 2.84. The molecular weight excluding hydrogens is 326 g/mol. The molecule has 5 heteroatoms. The fourth-order valence-electron chi connectivity index (χ4n) is 2.14. The predicted octanol–water partition coefficient (Wildman–Crippen LogP) is 3.03. The number of amides is 1. The van der Waals surface area contributed by atoms with E-state index in [4.69, 9.17) is 0 Å². The van der Waals surface area contributed by atoms with E-state index in [0.717, 1.165) is 16.5 Å². The molecule has 0 atom stereocenters. The van der Waals surface area contributed by atoms with Crippen molar-refractivity contribution in [2.45, 2.75) is 6.42 Å². The Balaban J connectivity index is 2.03.